The summed E-state index contributed by atoms with van der Waals surface area (Å²) in [5.41, 5.74) is 0. The molecule has 0 unspecified atom stereocenters. The van der Waals surface area contributed by atoms with E-state index >= 15 is 0 Å². The zero-order chi connectivity index (χ0) is 7.86. The standard InChI is InChI=1S/C2H4O3.3Na.O3Si/c3-1-2(4)5;;;;1-4(2)3/h3H,1H2,(H,4,5);;;;/q;3*+1;-2/p-1. The zero-order valence-electron chi connectivity index (χ0n) is 7.20. The monoisotopic (exact) mass is 220 g/mol. The molecule has 54 valence electrons. The summed E-state index contributed by atoms with van der Waals surface area (Å²) in [5, 5.41) is 16.5. The van der Waals surface area contributed by atoms with Gasteiger partial charge in [0, 0.05) is 9.17 Å². The maximum Gasteiger partial charge on any atom is 1.00 e. The maximum atomic E-state index is 9.01. The van der Waals surface area contributed by atoms with Crippen molar-refractivity contribution in [1.29, 1.82) is 0 Å². The van der Waals surface area contributed by atoms with Crippen LogP contribution in [0.5, 0.6) is 0 Å². The van der Waals surface area contributed by atoms with Gasteiger partial charge in [-0.2, -0.15) is 0 Å². The second-order valence-corrected chi connectivity index (χ2v) is 1.28. The number of hydrogen-bond acceptors (Lipinski definition) is 6. The number of carbonyl (C=O) groups excluding carboxylic acids is 1. The van der Waals surface area contributed by atoms with E-state index < -0.39 is 21.7 Å². The van der Waals surface area contributed by atoms with Gasteiger partial charge in [-0.15, -0.1) is 0 Å². The summed E-state index contributed by atoms with van der Waals surface area (Å²) in [7, 11) is -3.63. The van der Waals surface area contributed by atoms with Crippen LogP contribution in [0.25, 0.3) is 0 Å². The first kappa shape index (κ1) is 29.2. The summed E-state index contributed by atoms with van der Waals surface area (Å²) in [5.74, 6) is -1.44. The molecule has 0 saturated heterocycles. The molecular formula is C2H3Na3O6Si. The first-order valence-corrected chi connectivity index (χ1v) is 2.92. The minimum absolute atomic E-state index is 0. The molecule has 0 rings (SSSR count). The van der Waals surface area contributed by atoms with Crippen LogP contribution in [-0.2, 0) is 9.26 Å². The molecule has 0 aromatic heterocycles. The van der Waals surface area contributed by atoms with E-state index in [1.54, 1.807) is 0 Å². The fraction of sp³-hybridized carbons (Fsp3) is 0.500. The maximum absolute atomic E-state index is 9.01. The molecule has 0 aromatic rings. The third-order valence-corrected chi connectivity index (χ3v) is 0.129. The Kier molecular flexibility index (Phi) is 56.3. The number of aliphatic hydroxyl groups excluding tert-OH is 1. The molecule has 0 atom stereocenters. The number of rotatable bonds is 1. The van der Waals surface area contributed by atoms with Gasteiger partial charge in [-0.25, -0.2) is 0 Å². The van der Waals surface area contributed by atoms with Crippen molar-refractivity contribution in [2.75, 3.05) is 6.61 Å². The predicted octanol–water partition coefficient (Wildman–Crippen LogP) is -14.1. The first-order valence-electron chi connectivity index (χ1n) is 1.69. The first-order chi connectivity index (χ1) is 4.00. The molecule has 0 heterocycles. The summed E-state index contributed by atoms with van der Waals surface area (Å²) in [6, 6.07) is 0. The van der Waals surface area contributed by atoms with E-state index in [0.717, 1.165) is 0 Å². The third-order valence-electron chi connectivity index (χ3n) is 0.129. The topological polar surface area (TPSA) is 124 Å². The second kappa shape index (κ2) is 23.1. The van der Waals surface area contributed by atoms with E-state index in [2.05, 4.69) is 0 Å². The van der Waals surface area contributed by atoms with Crippen molar-refractivity contribution in [1.82, 2.24) is 0 Å². The number of hydrogen-bond donors (Lipinski definition) is 1. The van der Waals surface area contributed by atoms with Crippen LogP contribution in [0, 0.1) is 0 Å². The zero-order valence-corrected chi connectivity index (χ0v) is 14.2. The molecule has 0 saturated carbocycles. The fourth-order valence-electron chi connectivity index (χ4n) is 0. The van der Waals surface area contributed by atoms with Gasteiger partial charge in [-0.05, 0) is 0 Å². The Balaban J connectivity index is -0.0000000221. The van der Waals surface area contributed by atoms with Crippen molar-refractivity contribution in [3.8, 4) is 0 Å². The van der Waals surface area contributed by atoms with Gasteiger partial charge in [0.15, 0.2) is 0 Å². The second-order valence-electron chi connectivity index (χ2n) is 0.780. The van der Waals surface area contributed by atoms with Crippen molar-refractivity contribution < 1.29 is 118 Å². The summed E-state index contributed by atoms with van der Waals surface area (Å²) in [4.78, 5) is 26.0. The van der Waals surface area contributed by atoms with Crippen molar-refractivity contribution >= 4 is 15.1 Å². The smallest absolute Gasteiger partial charge is 0.672 e. The molecule has 1 N–H and O–H groups in total. The molecule has 0 aliphatic rings. The number of carboxylic acid groups (broad SMARTS) is 1. The quantitative estimate of drug-likeness (QED) is 0.437. The Morgan fingerprint density at radius 3 is 1.33 bits per heavy atom. The molecule has 0 aliphatic carbocycles. The Morgan fingerprint density at radius 2 is 1.33 bits per heavy atom. The van der Waals surface area contributed by atoms with Crippen LogP contribution >= 0.6 is 0 Å². The Hall–Kier alpha value is 2.05. The van der Waals surface area contributed by atoms with E-state index in [4.69, 9.17) is 29.1 Å². The molecule has 6 nitrogen and oxygen atoms in total. The van der Waals surface area contributed by atoms with Gasteiger partial charge >= 0.3 is 88.7 Å². The SMILES string of the molecule is O=C([O-])CO.O=[Si]([O-])[O-].[Na+].[Na+].[Na+]. The van der Waals surface area contributed by atoms with Crippen molar-refractivity contribution in [3.63, 3.8) is 0 Å². The average molecular weight is 220 g/mol. The molecule has 12 heavy (non-hydrogen) atoms. The fourth-order valence-corrected chi connectivity index (χ4v) is 0. The number of carboxylic acids is 1. The van der Waals surface area contributed by atoms with E-state index in [-0.39, 0.29) is 88.7 Å². The van der Waals surface area contributed by atoms with Gasteiger partial charge in [0.1, 0.15) is 0 Å². The van der Waals surface area contributed by atoms with E-state index in [0.29, 0.717) is 0 Å². The molecule has 0 amide bonds. The molecule has 0 fully saturated rings. The Bertz CT molecular complexity index is 105. The normalized spacial score (nSPS) is 5.08. The minimum Gasteiger partial charge on any atom is -0.672 e. The van der Waals surface area contributed by atoms with Crippen LogP contribution in [0.2, 0.25) is 0 Å². The van der Waals surface area contributed by atoms with Crippen molar-refractivity contribution in [2.45, 2.75) is 0 Å². The molecule has 0 spiro atoms. The van der Waals surface area contributed by atoms with Crippen molar-refractivity contribution in [2.24, 2.45) is 0 Å². The summed E-state index contributed by atoms with van der Waals surface area (Å²) < 4.78 is 8.52. The van der Waals surface area contributed by atoms with Crippen LogP contribution in [0.15, 0.2) is 0 Å². The van der Waals surface area contributed by atoms with Gasteiger partial charge < -0.3 is 29.1 Å². The van der Waals surface area contributed by atoms with Crippen LogP contribution in [0.4, 0.5) is 0 Å². The molecule has 10 heteroatoms. The van der Waals surface area contributed by atoms with Crippen LogP contribution < -0.4 is 103 Å². The Morgan fingerprint density at radius 1 is 1.25 bits per heavy atom. The summed E-state index contributed by atoms with van der Waals surface area (Å²) >= 11 is 0. The van der Waals surface area contributed by atoms with Gasteiger partial charge in [0.2, 0.25) is 0 Å². The van der Waals surface area contributed by atoms with Crippen molar-refractivity contribution in [3.05, 3.63) is 0 Å². The molecule has 0 radical (unpaired) electrons. The Labute approximate surface area is 137 Å². The van der Waals surface area contributed by atoms with Gasteiger partial charge in [-0.3, -0.25) is 0 Å². The number of aliphatic carboxylic acids is 1. The average Bonchev–Trinajstić information content (AvgIpc) is 1.65. The predicted molar refractivity (Wildman–Crippen MR) is 18.5 cm³/mol. The van der Waals surface area contributed by atoms with Gasteiger partial charge in [-0.1, -0.05) is 0 Å². The molecule has 0 aromatic carbocycles. The molecule has 0 bridgehead atoms. The molecule has 0 aliphatic heterocycles. The van der Waals surface area contributed by atoms with Crippen LogP contribution in [-0.4, -0.2) is 26.9 Å². The van der Waals surface area contributed by atoms with Crippen LogP contribution in [0.3, 0.4) is 0 Å². The van der Waals surface area contributed by atoms with Gasteiger partial charge in [0.25, 0.3) is 0 Å². The number of aliphatic hydroxyl groups is 1. The summed E-state index contributed by atoms with van der Waals surface area (Å²) in [6.45, 7) is -0.889. The molecular weight excluding hydrogens is 217 g/mol. The largest absolute Gasteiger partial charge is 1.00 e. The van der Waals surface area contributed by atoms with E-state index in [1.165, 1.54) is 0 Å². The van der Waals surface area contributed by atoms with E-state index in [9.17, 15) is 0 Å². The van der Waals surface area contributed by atoms with Crippen LogP contribution in [0.1, 0.15) is 0 Å². The van der Waals surface area contributed by atoms with E-state index in [1.807, 2.05) is 0 Å². The van der Waals surface area contributed by atoms with Gasteiger partial charge in [0.05, 0.1) is 12.6 Å². The minimum atomic E-state index is -3.63. The number of carbonyl (C=O) groups is 1. The third kappa shape index (κ3) is 89.8. The summed E-state index contributed by atoms with van der Waals surface area (Å²) in [6.07, 6.45) is 0.